The van der Waals surface area contributed by atoms with Crippen molar-refractivity contribution >= 4 is 0 Å². The van der Waals surface area contributed by atoms with Crippen molar-refractivity contribution in [2.24, 2.45) is 0 Å². The van der Waals surface area contributed by atoms with Gasteiger partial charge in [0.15, 0.2) is 0 Å². The highest BCUT2D eigenvalue weighted by Crippen LogP contribution is 2.12. The Morgan fingerprint density at radius 3 is 2.64 bits per heavy atom. The minimum absolute atomic E-state index is 0.287. The minimum atomic E-state index is -0.287. The summed E-state index contributed by atoms with van der Waals surface area (Å²) in [4.78, 5) is 8.32. The third kappa shape index (κ3) is 3.07. The lowest BCUT2D eigenvalue weighted by Crippen LogP contribution is -2.10. The van der Waals surface area contributed by atoms with Crippen LogP contribution >= 0.6 is 0 Å². The average Bonchev–Trinajstić information content (AvgIpc) is 2.18. The van der Waals surface area contributed by atoms with Gasteiger partial charge in [0.25, 0.3) is 0 Å². The van der Waals surface area contributed by atoms with Crippen LogP contribution in [0.2, 0.25) is 0 Å². The predicted octanol–water partition coefficient (Wildman–Crippen LogP) is 1.91. The SMILES string of the molecule is CCC(O)Cc1cc(C(C)C)ncn1. The Labute approximate surface area is 85.2 Å². The van der Waals surface area contributed by atoms with E-state index >= 15 is 0 Å². The molecule has 0 fully saturated rings. The monoisotopic (exact) mass is 194 g/mol. The maximum atomic E-state index is 9.48. The van der Waals surface area contributed by atoms with Crippen molar-refractivity contribution in [2.45, 2.75) is 45.6 Å². The van der Waals surface area contributed by atoms with E-state index in [1.54, 1.807) is 6.33 Å². The maximum absolute atomic E-state index is 9.48. The Bertz CT molecular complexity index is 286. The zero-order chi connectivity index (χ0) is 10.6. The molecular weight excluding hydrogens is 176 g/mol. The van der Waals surface area contributed by atoms with Gasteiger partial charge in [0, 0.05) is 17.8 Å². The second-order valence-electron chi connectivity index (χ2n) is 3.86. The topological polar surface area (TPSA) is 46.0 Å². The number of nitrogens with zero attached hydrogens (tertiary/aromatic N) is 2. The third-order valence-corrected chi connectivity index (χ3v) is 2.25. The fourth-order valence-corrected chi connectivity index (χ4v) is 1.23. The Morgan fingerprint density at radius 1 is 1.36 bits per heavy atom. The van der Waals surface area contributed by atoms with Crippen molar-refractivity contribution in [3.05, 3.63) is 23.8 Å². The zero-order valence-corrected chi connectivity index (χ0v) is 9.07. The molecule has 0 aromatic carbocycles. The van der Waals surface area contributed by atoms with Gasteiger partial charge in [-0.05, 0) is 18.4 Å². The van der Waals surface area contributed by atoms with Gasteiger partial charge in [0.2, 0.25) is 0 Å². The Balaban J connectivity index is 2.73. The van der Waals surface area contributed by atoms with E-state index in [-0.39, 0.29) is 6.10 Å². The lowest BCUT2D eigenvalue weighted by atomic mass is 10.1. The van der Waals surface area contributed by atoms with Crippen LogP contribution in [0.3, 0.4) is 0 Å². The molecule has 0 aliphatic heterocycles. The third-order valence-electron chi connectivity index (χ3n) is 2.25. The van der Waals surface area contributed by atoms with E-state index in [4.69, 9.17) is 0 Å². The van der Waals surface area contributed by atoms with Crippen LogP contribution in [-0.4, -0.2) is 21.2 Å². The molecule has 14 heavy (non-hydrogen) atoms. The van der Waals surface area contributed by atoms with Crippen LogP contribution < -0.4 is 0 Å². The van der Waals surface area contributed by atoms with E-state index in [9.17, 15) is 5.11 Å². The van der Waals surface area contributed by atoms with Crippen LogP contribution in [-0.2, 0) is 6.42 Å². The van der Waals surface area contributed by atoms with Crippen molar-refractivity contribution in [2.75, 3.05) is 0 Å². The number of rotatable bonds is 4. The van der Waals surface area contributed by atoms with Crippen LogP contribution in [0.15, 0.2) is 12.4 Å². The van der Waals surface area contributed by atoms with Gasteiger partial charge in [-0.2, -0.15) is 0 Å². The fourth-order valence-electron chi connectivity index (χ4n) is 1.23. The highest BCUT2D eigenvalue weighted by atomic mass is 16.3. The summed E-state index contributed by atoms with van der Waals surface area (Å²) in [7, 11) is 0. The molecule has 0 bridgehead atoms. The van der Waals surface area contributed by atoms with Crippen molar-refractivity contribution in [1.29, 1.82) is 0 Å². The highest BCUT2D eigenvalue weighted by Gasteiger charge is 2.06. The molecule has 1 heterocycles. The maximum Gasteiger partial charge on any atom is 0.115 e. The second kappa shape index (κ2) is 5.05. The number of hydrogen-bond acceptors (Lipinski definition) is 3. The largest absolute Gasteiger partial charge is 0.393 e. The molecule has 0 saturated carbocycles. The second-order valence-corrected chi connectivity index (χ2v) is 3.86. The number of aromatic nitrogens is 2. The van der Waals surface area contributed by atoms with E-state index in [1.807, 2.05) is 13.0 Å². The number of hydrogen-bond donors (Lipinski definition) is 1. The lowest BCUT2D eigenvalue weighted by Gasteiger charge is -2.09. The Morgan fingerprint density at radius 2 is 2.07 bits per heavy atom. The van der Waals surface area contributed by atoms with Crippen LogP contribution in [0, 0.1) is 0 Å². The summed E-state index contributed by atoms with van der Waals surface area (Å²) >= 11 is 0. The molecule has 0 radical (unpaired) electrons. The molecule has 1 aromatic rings. The molecule has 0 spiro atoms. The van der Waals surface area contributed by atoms with Crippen LogP contribution in [0.5, 0.6) is 0 Å². The number of aliphatic hydroxyl groups excluding tert-OH is 1. The van der Waals surface area contributed by atoms with Gasteiger partial charge in [-0.3, -0.25) is 0 Å². The molecule has 1 unspecified atom stereocenters. The average molecular weight is 194 g/mol. The van der Waals surface area contributed by atoms with E-state index in [1.165, 1.54) is 0 Å². The quantitative estimate of drug-likeness (QED) is 0.796. The summed E-state index contributed by atoms with van der Waals surface area (Å²) in [6.45, 7) is 6.17. The van der Waals surface area contributed by atoms with Crippen molar-refractivity contribution in [1.82, 2.24) is 9.97 Å². The normalized spacial score (nSPS) is 13.2. The van der Waals surface area contributed by atoms with Crippen molar-refractivity contribution < 1.29 is 5.11 Å². The summed E-state index contributed by atoms with van der Waals surface area (Å²) in [5.74, 6) is 0.413. The molecule has 78 valence electrons. The van der Waals surface area contributed by atoms with Gasteiger partial charge in [-0.1, -0.05) is 20.8 Å². The molecule has 3 heteroatoms. The van der Waals surface area contributed by atoms with Crippen LogP contribution in [0.1, 0.15) is 44.5 Å². The number of aliphatic hydroxyl groups is 1. The lowest BCUT2D eigenvalue weighted by molar-refractivity contribution is 0.169. The molecule has 1 aromatic heterocycles. The first-order chi connectivity index (χ1) is 6.63. The van der Waals surface area contributed by atoms with Crippen molar-refractivity contribution in [3.8, 4) is 0 Å². The van der Waals surface area contributed by atoms with Crippen LogP contribution in [0.25, 0.3) is 0 Å². The van der Waals surface area contributed by atoms with Gasteiger partial charge >= 0.3 is 0 Å². The molecule has 0 amide bonds. The molecule has 0 saturated heterocycles. The molecule has 3 nitrogen and oxygen atoms in total. The van der Waals surface area contributed by atoms with Gasteiger partial charge in [0.05, 0.1) is 6.10 Å². The first-order valence-corrected chi connectivity index (χ1v) is 5.12. The van der Waals surface area contributed by atoms with Crippen molar-refractivity contribution in [3.63, 3.8) is 0 Å². The van der Waals surface area contributed by atoms with Crippen LogP contribution in [0.4, 0.5) is 0 Å². The Hall–Kier alpha value is -0.960. The molecule has 0 aliphatic carbocycles. The Kier molecular flexibility index (Phi) is 4.01. The minimum Gasteiger partial charge on any atom is -0.393 e. The first-order valence-electron chi connectivity index (χ1n) is 5.12. The standard InChI is InChI=1S/C11H18N2O/c1-4-10(14)5-9-6-11(8(2)3)13-7-12-9/h6-8,10,14H,4-5H2,1-3H3. The molecule has 0 aliphatic rings. The molecule has 1 atom stereocenters. The van der Waals surface area contributed by atoms with Gasteiger partial charge in [0.1, 0.15) is 6.33 Å². The van der Waals surface area contributed by atoms with Gasteiger partial charge in [-0.15, -0.1) is 0 Å². The molecule has 1 N–H and O–H groups in total. The predicted molar refractivity (Wildman–Crippen MR) is 56.1 cm³/mol. The summed E-state index contributed by atoms with van der Waals surface area (Å²) < 4.78 is 0. The molecule has 1 rings (SSSR count). The highest BCUT2D eigenvalue weighted by molar-refractivity contribution is 5.12. The van der Waals surface area contributed by atoms with Gasteiger partial charge < -0.3 is 5.11 Å². The smallest absolute Gasteiger partial charge is 0.115 e. The van der Waals surface area contributed by atoms with E-state index < -0.39 is 0 Å². The zero-order valence-electron chi connectivity index (χ0n) is 9.07. The van der Waals surface area contributed by atoms with E-state index in [0.29, 0.717) is 12.3 Å². The summed E-state index contributed by atoms with van der Waals surface area (Å²) in [5.41, 5.74) is 1.97. The first kappa shape index (κ1) is 11.1. The van der Waals surface area contributed by atoms with E-state index in [0.717, 1.165) is 17.8 Å². The van der Waals surface area contributed by atoms with E-state index in [2.05, 4.69) is 23.8 Å². The summed E-state index contributed by atoms with van der Waals surface area (Å²) in [5, 5.41) is 9.48. The summed E-state index contributed by atoms with van der Waals surface area (Å²) in [6.07, 6.45) is 2.68. The fraction of sp³-hybridized carbons (Fsp3) is 0.636. The molecular formula is C11H18N2O. The van der Waals surface area contributed by atoms with Gasteiger partial charge in [-0.25, -0.2) is 9.97 Å². The summed E-state index contributed by atoms with van der Waals surface area (Å²) in [6, 6.07) is 1.98.